The molecule has 0 N–H and O–H groups in total. The Morgan fingerprint density at radius 2 is 2.11 bits per heavy atom. The fourth-order valence-electron chi connectivity index (χ4n) is 3.19. The van der Waals surface area contributed by atoms with Crippen molar-refractivity contribution in [1.29, 1.82) is 0 Å². The fourth-order valence-corrected chi connectivity index (χ4v) is 3.45. The lowest BCUT2D eigenvalue weighted by Crippen LogP contribution is -2.35. The van der Waals surface area contributed by atoms with E-state index in [2.05, 4.69) is 14.9 Å². The quantitative estimate of drug-likeness (QED) is 0.762. The number of aromatic nitrogens is 2. The maximum Gasteiger partial charge on any atom is 0.433 e. The monoisotopic (exact) mass is 400 g/mol. The molecule has 2 heterocycles. The Kier molecular flexibility index (Phi) is 5.76. The van der Waals surface area contributed by atoms with Crippen molar-refractivity contribution in [3.8, 4) is 5.75 Å². The minimum absolute atomic E-state index is 0.0258. The number of rotatable bonds is 5. The topological polar surface area (TPSA) is 41.5 Å². The van der Waals surface area contributed by atoms with E-state index in [-0.39, 0.29) is 12.0 Å². The zero-order valence-electron chi connectivity index (χ0n) is 15.0. The van der Waals surface area contributed by atoms with Gasteiger partial charge in [0.25, 0.3) is 0 Å². The van der Waals surface area contributed by atoms with Gasteiger partial charge in [-0.3, -0.25) is 4.90 Å². The molecule has 0 amide bonds. The van der Waals surface area contributed by atoms with Crippen molar-refractivity contribution in [2.75, 3.05) is 32.1 Å². The van der Waals surface area contributed by atoms with Crippen LogP contribution in [0.15, 0.2) is 30.5 Å². The highest BCUT2D eigenvalue weighted by molar-refractivity contribution is 6.32. The van der Waals surface area contributed by atoms with Gasteiger partial charge < -0.3 is 9.64 Å². The standard InChI is InChI=1S/C18H20ClF3N4O/c1-25(17-23-8-6-15(24-17)18(20,21)22)13-7-9-26(11-13)10-12-4-3-5-14(27-2)16(12)19/h3-6,8,13H,7,9-11H2,1-2H3. The highest BCUT2D eigenvalue weighted by Crippen LogP contribution is 2.31. The van der Waals surface area contributed by atoms with Crippen molar-refractivity contribution in [1.82, 2.24) is 14.9 Å². The number of hydrogen-bond donors (Lipinski definition) is 0. The molecule has 0 bridgehead atoms. The predicted octanol–water partition coefficient (Wildman–Crippen LogP) is 3.87. The molecule has 5 nitrogen and oxygen atoms in total. The predicted molar refractivity (Wildman–Crippen MR) is 97.1 cm³/mol. The molecule has 1 aromatic heterocycles. The van der Waals surface area contributed by atoms with Crippen LogP contribution in [0.25, 0.3) is 0 Å². The molecule has 27 heavy (non-hydrogen) atoms. The highest BCUT2D eigenvalue weighted by atomic mass is 35.5. The second-order valence-corrected chi connectivity index (χ2v) is 6.84. The van der Waals surface area contributed by atoms with Crippen LogP contribution in [-0.4, -0.2) is 48.2 Å². The Bertz CT molecular complexity index is 802. The number of nitrogens with zero attached hydrogens (tertiary/aromatic N) is 4. The average molecular weight is 401 g/mol. The minimum atomic E-state index is -4.48. The molecule has 1 aliphatic heterocycles. The largest absolute Gasteiger partial charge is 0.495 e. The minimum Gasteiger partial charge on any atom is -0.495 e. The number of hydrogen-bond acceptors (Lipinski definition) is 5. The number of ether oxygens (including phenoxy) is 1. The summed E-state index contributed by atoms with van der Waals surface area (Å²) in [5.41, 5.74) is 0.0204. The third-order valence-corrected chi connectivity index (χ3v) is 5.13. The Hall–Kier alpha value is -2.06. The second kappa shape index (κ2) is 7.90. The lowest BCUT2D eigenvalue weighted by atomic mass is 10.2. The molecule has 1 atom stereocenters. The maximum atomic E-state index is 12.9. The zero-order valence-corrected chi connectivity index (χ0v) is 15.8. The third-order valence-electron chi connectivity index (χ3n) is 4.70. The lowest BCUT2D eigenvalue weighted by Gasteiger charge is -2.25. The summed E-state index contributed by atoms with van der Waals surface area (Å²) in [6, 6.07) is 6.53. The van der Waals surface area contributed by atoms with Crippen molar-refractivity contribution in [3.63, 3.8) is 0 Å². The first-order chi connectivity index (χ1) is 12.8. The average Bonchev–Trinajstić information content (AvgIpc) is 3.11. The van der Waals surface area contributed by atoms with E-state index in [1.54, 1.807) is 25.1 Å². The van der Waals surface area contributed by atoms with Crippen LogP contribution in [0.2, 0.25) is 5.02 Å². The van der Waals surface area contributed by atoms with Crippen LogP contribution in [0.4, 0.5) is 19.1 Å². The summed E-state index contributed by atoms with van der Waals surface area (Å²) in [6.45, 7) is 2.13. The van der Waals surface area contributed by atoms with E-state index in [0.717, 1.165) is 30.8 Å². The van der Waals surface area contributed by atoms with E-state index >= 15 is 0 Å². The van der Waals surface area contributed by atoms with Crippen LogP contribution in [0.3, 0.4) is 0 Å². The molecule has 0 saturated carbocycles. The normalized spacial score (nSPS) is 17.9. The van der Waals surface area contributed by atoms with Gasteiger partial charge in [0.1, 0.15) is 11.4 Å². The second-order valence-electron chi connectivity index (χ2n) is 6.46. The van der Waals surface area contributed by atoms with E-state index in [1.807, 2.05) is 12.1 Å². The van der Waals surface area contributed by atoms with Gasteiger partial charge in [0.15, 0.2) is 0 Å². The van der Waals surface area contributed by atoms with Gasteiger partial charge in [-0.25, -0.2) is 9.97 Å². The van der Waals surface area contributed by atoms with Crippen molar-refractivity contribution in [2.45, 2.75) is 25.2 Å². The molecule has 0 spiro atoms. The third kappa shape index (κ3) is 4.44. The number of halogens is 4. The molecular weight excluding hydrogens is 381 g/mol. The van der Waals surface area contributed by atoms with Crippen molar-refractivity contribution in [3.05, 3.63) is 46.7 Å². The SMILES string of the molecule is COc1cccc(CN2CCC(N(C)c3nccc(C(F)(F)F)n3)C2)c1Cl. The number of alkyl halides is 3. The molecule has 2 aromatic rings. The van der Waals surface area contributed by atoms with E-state index in [9.17, 15) is 13.2 Å². The fraction of sp³-hybridized carbons (Fsp3) is 0.444. The summed E-state index contributed by atoms with van der Waals surface area (Å²) in [6.07, 6.45) is -2.54. The van der Waals surface area contributed by atoms with Crippen LogP contribution >= 0.6 is 11.6 Å². The molecule has 0 aliphatic carbocycles. The molecule has 0 radical (unpaired) electrons. The Balaban J connectivity index is 1.68. The van der Waals surface area contributed by atoms with Gasteiger partial charge in [-0.15, -0.1) is 0 Å². The molecule has 1 unspecified atom stereocenters. The molecule has 1 aliphatic rings. The van der Waals surface area contributed by atoms with Gasteiger partial charge in [-0.1, -0.05) is 23.7 Å². The number of anilines is 1. The smallest absolute Gasteiger partial charge is 0.433 e. The van der Waals surface area contributed by atoms with Crippen molar-refractivity contribution >= 4 is 17.5 Å². The Morgan fingerprint density at radius 1 is 1.33 bits per heavy atom. The summed E-state index contributed by atoms with van der Waals surface area (Å²) in [5.74, 6) is 0.704. The van der Waals surface area contributed by atoms with Crippen LogP contribution in [0.5, 0.6) is 5.75 Å². The number of likely N-dealkylation sites (N-methyl/N-ethyl adjacent to an activating group) is 1. The van der Waals surface area contributed by atoms with Gasteiger partial charge in [0.2, 0.25) is 5.95 Å². The number of likely N-dealkylation sites (tertiary alicyclic amines) is 1. The first kappa shape index (κ1) is 19.7. The van der Waals surface area contributed by atoms with E-state index < -0.39 is 11.9 Å². The van der Waals surface area contributed by atoms with Crippen molar-refractivity contribution < 1.29 is 17.9 Å². The number of methoxy groups -OCH3 is 1. The van der Waals surface area contributed by atoms with E-state index in [1.165, 1.54) is 0 Å². The Morgan fingerprint density at radius 3 is 2.81 bits per heavy atom. The summed E-state index contributed by atoms with van der Waals surface area (Å²) in [5, 5.41) is 0.581. The van der Waals surface area contributed by atoms with Gasteiger partial charge in [0.05, 0.1) is 12.1 Å². The molecule has 3 rings (SSSR count). The Labute approximate surface area is 160 Å². The van der Waals surface area contributed by atoms with E-state index in [4.69, 9.17) is 16.3 Å². The van der Waals surface area contributed by atoms with E-state index in [0.29, 0.717) is 23.9 Å². The van der Waals surface area contributed by atoms with Crippen LogP contribution in [0.1, 0.15) is 17.7 Å². The number of benzene rings is 1. The maximum absolute atomic E-state index is 12.9. The summed E-state index contributed by atoms with van der Waals surface area (Å²) >= 11 is 6.35. The van der Waals surface area contributed by atoms with Gasteiger partial charge in [-0.2, -0.15) is 13.2 Å². The summed E-state index contributed by atoms with van der Waals surface area (Å²) in [7, 11) is 3.29. The first-order valence-corrected chi connectivity index (χ1v) is 8.84. The van der Waals surface area contributed by atoms with Crippen LogP contribution in [-0.2, 0) is 12.7 Å². The summed E-state index contributed by atoms with van der Waals surface area (Å²) < 4.78 is 43.9. The first-order valence-electron chi connectivity index (χ1n) is 8.46. The molecule has 1 aromatic carbocycles. The van der Waals surface area contributed by atoms with Gasteiger partial charge in [0, 0.05) is 38.9 Å². The molecule has 1 fully saturated rings. The van der Waals surface area contributed by atoms with Crippen LogP contribution < -0.4 is 9.64 Å². The van der Waals surface area contributed by atoms with Crippen LogP contribution in [0, 0.1) is 0 Å². The highest BCUT2D eigenvalue weighted by Gasteiger charge is 2.34. The van der Waals surface area contributed by atoms with Gasteiger partial charge >= 0.3 is 6.18 Å². The molecule has 146 valence electrons. The molecular formula is C18H20ClF3N4O. The summed E-state index contributed by atoms with van der Waals surface area (Å²) in [4.78, 5) is 11.6. The molecule has 1 saturated heterocycles. The van der Waals surface area contributed by atoms with Crippen molar-refractivity contribution in [2.24, 2.45) is 0 Å². The lowest BCUT2D eigenvalue weighted by molar-refractivity contribution is -0.141. The zero-order chi connectivity index (χ0) is 19.6. The molecule has 9 heteroatoms. The van der Waals surface area contributed by atoms with Gasteiger partial charge in [-0.05, 0) is 24.1 Å².